The van der Waals surface area contributed by atoms with E-state index < -0.39 is 5.41 Å². The first-order valence-electron chi connectivity index (χ1n) is 9.65. The predicted octanol–water partition coefficient (Wildman–Crippen LogP) is 3.46. The summed E-state index contributed by atoms with van der Waals surface area (Å²) in [5, 5.41) is 0.548. The molecule has 5 rings (SSSR count). The lowest BCUT2D eigenvalue weighted by atomic mass is 9.94. The van der Waals surface area contributed by atoms with Crippen LogP contribution in [-0.2, 0) is 10.2 Å². The molecule has 0 bridgehead atoms. The molecular weight excluding hydrogens is 357 g/mol. The highest BCUT2D eigenvalue weighted by Gasteiger charge is 2.54. The number of aromatic amines is 1. The molecule has 2 heterocycles. The normalized spacial score (nSPS) is 20.5. The molecule has 1 aromatic heterocycles. The minimum Gasteiger partial charge on any atom is -0.332 e. The molecular formula is C22H20FN3O2. The number of amides is 1. The zero-order valence-corrected chi connectivity index (χ0v) is 15.3. The van der Waals surface area contributed by atoms with Gasteiger partial charge in [-0.2, -0.15) is 0 Å². The summed E-state index contributed by atoms with van der Waals surface area (Å²) in [4.78, 5) is 35.3. The van der Waals surface area contributed by atoms with Gasteiger partial charge in [-0.1, -0.05) is 24.3 Å². The van der Waals surface area contributed by atoms with Gasteiger partial charge >= 0.3 is 0 Å². The molecule has 2 aliphatic rings. The Morgan fingerprint density at radius 1 is 1.14 bits per heavy atom. The maximum atomic E-state index is 13.5. The lowest BCUT2D eigenvalue weighted by molar-refractivity contribution is -0.135. The van der Waals surface area contributed by atoms with E-state index in [2.05, 4.69) is 9.97 Å². The van der Waals surface area contributed by atoms with Crippen molar-refractivity contribution in [2.75, 3.05) is 6.54 Å². The van der Waals surface area contributed by atoms with Crippen molar-refractivity contribution in [3.8, 4) is 0 Å². The molecule has 1 amide bonds. The lowest BCUT2D eigenvalue weighted by Gasteiger charge is -2.28. The van der Waals surface area contributed by atoms with Gasteiger partial charge in [-0.05, 0) is 55.5 Å². The first kappa shape index (κ1) is 17.1. The average molecular weight is 377 g/mol. The minimum atomic E-state index is -0.562. The van der Waals surface area contributed by atoms with E-state index in [0.717, 1.165) is 31.2 Å². The first-order valence-corrected chi connectivity index (χ1v) is 9.65. The zero-order valence-electron chi connectivity index (χ0n) is 15.3. The van der Waals surface area contributed by atoms with E-state index in [-0.39, 0.29) is 23.3 Å². The van der Waals surface area contributed by atoms with Crippen molar-refractivity contribution in [3.05, 3.63) is 76.1 Å². The molecule has 1 aliphatic heterocycles. The molecule has 0 spiro atoms. The number of para-hydroxylation sites is 1. The number of likely N-dealkylation sites (tertiary alicyclic amines) is 1. The van der Waals surface area contributed by atoms with Crippen LogP contribution < -0.4 is 5.56 Å². The van der Waals surface area contributed by atoms with Gasteiger partial charge in [-0.25, -0.2) is 9.37 Å². The van der Waals surface area contributed by atoms with E-state index in [1.807, 2.05) is 23.1 Å². The number of nitrogens with zero attached hydrogens (tertiary/aromatic N) is 2. The van der Waals surface area contributed by atoms with Gasteiger partial charge in [-0.3, -0.25) is 9.59 Å². The number of carbonyl (C=O) groups is 1. The monoisotopic (exact) mass is 377 g/mol. The summed E-state index contributed by atoms with van der Waals surface area (Å²) in [6, 6.07) is 13.2. The number of halogens is 1. The molecule has 2 fully saturated rings. The molecule has 6 heteroatoms. The van der Waals surface area contributed by atoms with E-state index in [1.54, 1.807) is 18.2 Å². The fraction of sp³-hybridized carbons (Fsp3) is 0.318. The highest BCUT2D eigenvalue weighted by molar-refractivity contribution is 5.91. The van der Waals surface area contributed by atoms with Crippen LogP contribution in [0.3, 0.4) is 0 Å². The van der Waals surface area contributed by atoms with Crippen LogP contribution in [0.1, 0.15) is 43.1 Å². The highest BCUT2D eigenvalue weighted by atomic mass is 19.1. The smallest absolute Gasteiger partial charge is 0.258 e. The van der Waals surface area contributed by atoms with Gasteiger partial charge < -0.3 is 9.88 Å². The number of nitrogens with one attached hydrogen (secondary N) is 1. The van der Waals surface area contributed by atoms with Gasteiger partial charge in [-0.15, -0.1) is 0 Å². The SMILES string of the molecule is O=C(N1CCCC1c1nc2ccccc2c(=O)[nH]1)C1(c2ccc(F)cc2)CC1. The standard InChI is InChI=1S/C22H20FN3O2/c23-15-9-7-14(8-10-15)22(11-12-22)21(28)26-13-3-6-18(26)19-24-17-5-2-1-4-16(17)20(27)25-19/h1-2,4-5,7-10,18H,3,6,11-13H2,(H,24,25,27). The van der Waals surface area contributed by atoms with Gasteiger partial charge in [0.25, 0.3) is 5.56 Å². The van der Waals surface area contributed by atoms with Gasteiger partial charge in [0.2, 0.25) is 5.91 Å². The predicted molar refractivity (Wildman–Crippen MR) is 103 cm³/mol. The molecule has 0 radical (unpaired) electrons. The van der Waals surface area contributed by atoms with Gasteiger partial charge in [0.1, 0.15) is 11.6 Å². The molecule has 28 heavy (non-hydrogen) atoms. The molecule has 1 saturated carbocycles. The largest absolute Gasteiger partial charge is 0.332 e. The number of hydrogen-bond acceptors (Lipinski definition) is 3. The van der Waals surface area contributed by atoms with Crippen LogP contribution in [0, 0.1) is 5.82 Å². The van der Waals surface area contributed by atoms with Crippen molar-refractivity contribution >= 4 is 16.8 Å². The van der Waals surface area contributed by atoms with E-state index >= 15 is 0 Å². The zero-order chi connectivity index (χ0) is 19.3. The molecule has 5 nitrogen and oxygen atoms in total. The first-order chi connectivity index (χ1) is 13.6. The second kappa shape index (κ2) is 6.26. The van der Waals surface area contributed by atoms with Crippen LogP contribution in [0.4, 0.5) is 4.39 Å². The molecule has 2 aromatic carbocycles. The number of H-pyrrole nitrogens is 1. The van der Waals surface area contributed by atoms with Crippen molar-refractivity contribution in [1.82, 2.24) is 14.9 Å². The maximum absolute atomic E-state index is 13.5. The Bertz CT molecular complexity index is 1120. The number of aromatic nitrogens is 2. The van der Waals surface area contributed by atoms with Gasteiger partial charge in [0.05, 0.1) is 22.4 Å². The van der Waals surface area contributed by atoms with Crippen LogP contribution in [0.25, 0.3) is 10.9 Å². The summed E-state index contributed by atoms with van der Waals surface area (Å²) in [7, 11) is 0. The van der Waals surface area contributed by atoms with Crippen molar-refractivity contribution in [3.63, 3.8) is 0 Å². The highest BCUT2D eigenvalue weighted by Crippen LogP contribution is 2.51. The van der Waals surface area contributed by atoms with Crippen LogP contribution in [0.2, 0.25) is 0 Å². The molecule has 3 aromatic rings. The summed E-state index contributed by atoms with van der Waals surface area (Å²) in [6.07, 6.45) is 3.17. The molecule has 1 N–H and O–H groups in total. The second-order valence-electron chi connectivity index (χ2n) is 7.71. The fourth-order valence-corrected chi connectivity index (χ4v) is 4.35. The van der Waals surface area contributed by atoms with E-state index in [4.69, 9.17) is 0 Å². The van der Waals surface area contributed by atoms with Crippen LogP contribution >= 0.6 is 0 Å². The molecule has 1 aliphatic carbocycles. The van der Waals surface area contributed by atoms with Crippen molar-refractivity contribution in [2.24, 2.45) is 0 Å². The lowest BCUT2D eigenvalue weighted by Crippen LogP contribution is -2.39. The summed E-state index contributed by atoms with van der Waals surface area (Å²) in [5.74, 6) is 0.297. The van der Waals surface area contributed by atoms with Crippen LogP contribution in [0.15, 0.2) is 53.3 Å². The summed E-state index contributed by atoms with van der Waals surface area (Å²) in [5.41, 5.74) is 0.761. The van der Waals surface area contributed by atoms with Crippen LogP contribution in [-0.4, -0.2) is 27.3 Å². The quantitative estimate of drug-likeness (QED) is 0.760. The Kier molecular flexibility index (Phi) is 3.82. The van der Waals surface area contributed by atoms with Crippen LogP contribution in [0.5, 0.6) is 0 Å². The van der Waals surface area contributed by atoms with Gasteiger partial charge in [0, 0.05) is 6.54 Å². The topological polar surface area (TPSA) is 66.1 Å². The maximum Gasteiger partial charge on any atom is 0.258 e. The summed E-state index contributed by atoms with van der Waals surface area (Å²) >= 11 is 0. The fourth-order valence-electron chi connectivity index (χ4n) is 4.35. The Morgan fingerprint density at radius 3 is 2.64 bits per heavy atom. The Balaban J connectivity index is 1.50. The third kappa shape index (κ3) is 2.63. The molecule has 142 valence electrons. The number of benzene rings is 2. The Hall–Kier alpha value is -3.02. The number of fused-ring (bicyclic) bond motifs is 1. The van der Waals surface area contributed by atoms with E-state index in [9.17, 15) is 14.0 Å². The third-order valence-electron chi connectivity index (χ3n) is 6.02. The number of rotatable bonds is 3. The molecule has 1 unspecified atom stereocenters. The number of carbonyl (C=O) groups excluding carboxylic acids is 1. The Morgan fingerprint density at radius 2 is 1.89 bits per heavy atom. The van der Waals surface area contributed by atoms with Gasteiger partial charge in [0.15, 0.2) is 0 Å². The summed E-state index contributed by atoms with van der Waals surface area (Å²) < 4.78 is 13.3. The number of hydrogen-bond donors (Lipinski definition) is 1. The third-order valence-corrected chi connectivity index (χ3v) is 6.02. The molecule has 1 atom stereocenters. The van der Waals surface area contributed by atoms with Crippen molar-refractivity contribution < 1.29 is 9.18 Å². The van der Waals surface area contributed by atoms with E-state index in [1.165, 1.54) is 12.1 Å². The summed E-state index contributed by atoms with van der Waals surface area (Å²) in [6.45, 7) is 0.642. The Labute approximate surface area is 161 Å². The second-order valence-corrected chi connectivity index (χ2v) is 7.71. The minimum absolute atomic E-state index is 0.0532. The van der Waals surface area contributed by atoms with Crippen molar-refractivity contribution in [2.45, 2.75) is 37.1 Å². The molecule has 1 saturated heterocycles. The van der Waals surface area contributed by atoms with E-state index in [0.29, 0.717) is 23.3 Å². The average Bonchev–Trinajstić information content (AvgIpc) is 3.37. The van der Waals surface area contributed by atoms with Crippen molar-refractivity contribution in [1.29, 1.82) is 0 Å².